The van der Waals surface area contributed by atoms with Gasteiger partial charge in [-0.25, -0.2) is 9.37 Å². The van der Waals surface area contributed by atoms with E-state index >= 15 is 0 Å². The fourth-order valence-corrected chi connectivity index (χ4v) is 5.19. The molecule has 0 aliphatic carbocycles. The number of aromatic nitrogens is 2. The van der Waals surface area contributed by atoms with E-state index in [4.69, 9.17) is 0 Å². The Morgan fingerprint density at radius 3 is 2.67 bits per heavy atom. The second-order valence-electron chi connectivity index (χ2n) is 8.93. The molecular formula is C25H28FN5O2. The number of fused-ring (bicyclic) bond motifs is 1. The van der Waals surface area contributed by atoms with Gasteiger partial charge in [0.05, 0.1) is 11.9 Å². The van der Waals surface area contributed by atoms with Gasteiger partial charge in [0.25, 0.3) is 11.5 Å². The number of hydrogen-bond donors (Lipinski definition) is 2. The molecule has 4 heterocycles. The average Bonchev–Trinajstić information content (AvgIpc) is 3.35. The molecule has 2 aromatic heterocycles. The molecule has 0 radical (unpaired) electrons. The summed E-state index contributed by atoms with van der Waals surface area (Å²) in [6.45, 7) is 3.73. The number of carbonyl (C=O) groups is 1. The van der Waals surface area contributed by atoms with E-state index in [0.717, 1.165) is 56.8 Å². The molecule has 0 spiro atoms. The van der Waals surface area contributed by atoms with Crippen molar-refractivity contribution in [1.82, 2.24) is 20.2 Å². The first kappa shape index (κ1) is 21.6. The zero-order valence-electron chi connectivity index (χ0n) is 18.7. The highest BCUT2D eigenvalue weighted by Gasteiger charge is 2.32. The monoisotopic (exact) mass is 449 g/mol. The van der Waals surface area contributed by atoms with Crippen LogP contribution in [-0.2, 0) is 0 Å². The average molecular weight is 450 g/mol. The van der Waals surface area contributed by atoms with E-state index < -0.39 is 0 Å². The molecule has 1 unspecified atom stereocenters. The Hall–Kier alpha value is -3.26. The van der Waals surface area contributed by atoms with Crippen molar-refractivity contribution in [3.63, 3.8) is 0 Å². The van der Waals surface area contributed by atoms with Gasteiger partial charge in [0.2, 0.25) is 0 Å². The maximum absolute atomic E-state index is 14.3. The molecule has 0 saturated carbocycles. The standard InChI is InChI=1S/C25H28FN5O2/c1-27-25(33)22-6-5-18(14-28-22)30-11-8-17(9-12-30)31-10-7-16(15-31)23-13-20-19(24(32)29-23)3-2-4-21(20)26/h2-6,13-14,16-17H,7-12,15H2,1H3,(H,27,33)(H,29,32). The molecule has 2 N–H and O–H groups in total. The summed E-state index contributed by atoms with van der Waals surface area (Å²) < 4.78 is 14.3. The number of aromatic amines is 1. The van der Waals surface area contributed by atoms with Crippen LogP contribution in [0.25, 0.3) is 10.8 Å². The zero-order valence-corrected chi connectivity index (χ0v) is 18.7. The number of nitrogens with one attached hydrogen (secondary N) is 2. The first-order valence-corrected chi connectivity index (χ1v) is 11.5. The molecule has 1 atom stereocenters. The highest BCUT2D eigenvalue weighted by Crippen LogP contribution is 2.31. The summed E-state index contributed by atoms with van der Waals surface area (Å²) in [6, 6.07) is 10.7. The lowest BCUT2D eigenvalue weighted by Gasteiger charge is -2.37. The first-order chi connectivity index (χ1) is 16.0. The normalized spacial score (nSPS) is 19.8. The van der Waals surface area contributed by atoms with E-state index in [-0.39, 0.29) is 23.2 Å². The Balaban J connectivity index is 1.22. The number of pyridine rings is 2. The summed E-state index contributed by atoms with van der Waals surface area (Å²) in [5.74, 6) is -0.319. The van der Waals surface area contributed by atoms with Gasteiger partial charge < -0.3 is 15.2 Å². The molecule has 8 heteroatoms. The minimum absolute atomic E-state index is 0.181. The van der Waals surface area contributed by atoms with E-state index in [1.165, 1.54) is 6.07 Å². The molecule has 2 fully saturated rings. The molecule has 33 heavy (non-hydrogen) atoms. The number of H-pyrrole nitrogens is 1. The van der Waals surface area contributed by atoms with Crippen LogP contribution in [0.5, 0.6) is 0 Å². The first-order valence-electron chi connectivity index (χ1n) is 11.5. The van der Waals surface area contributed by atoms with Gasteiger partial charge in [-0.05, 0) is 56.1 Å². The van der Waals surface area contributed by atoms with Crippen molar-refractivity contribution >= 4 is 22.4 Å². The van der Waals surface area contributed by atoms with Gasteiger partial charge in [0, 0.05) is 55.1 Å². The van der Waals surface area contributed by atoms with Gasteiger partial charge in [-0.2, -0.15) is 0 Å². The Labute approximate surface area is 191 Å². The number of hydrogen-bond acceptors (Lipinski definition) is 5. The molecule has 3 aromatic rings. The van der Waals surface area contributed by atoms with Crippen molar-refractivity contribution in [2.45, 2.75) is 31.2 Å². The number of nitrogens with zero attached hydrogens (tertiary/aromatic N) is 3. The van der Waals surface area contributed by atoms with Crippen LogP contribution < -0.4 is 15.8 Å². The Kier molecular flexibility index (Phi) is 5.85. The van der Waals surface area contributed by atoms with Gasteiger partial charge >= 0.3 is 0 Å². The molecule has 2 aliphatic rings. The molecule has 7 nitrogen and oxygen atoms in total. The van der Waals surface area contributed by atoms with Crippen molar-refractivity contribution < 1.29 is 9.18 Å². The van der Waals surface area contributed by atoms with E-state index in [0.29, 0.717) is 22.5 Å². The molecular weight excluding hydrogens is 421 g/mol. The van der Waals surface area contributed by atoms with E-state index in [9.17, 15) is 14.0 Å². The lowest BCUT2D eigenvalue weighted by atomic mass is 10.0. The topological polar surface area (TPSA) is 81.3 Å². The van der Waals surface area contributed by atoms with Crippen LogP contribution in [0, 0.1) is 5.82 Å². The van der Waals surface area contributed by atoms with Gasteiger partial charge in [-0.15, -0.1) is 0 Å². The lowest BCUT2D eigenvalue weighted by molar-refractivity contribution is 0.0958. The van der Waals surface area contributed by atoms with E-state index in [1.54, 1.807) is 31.4 Å². The van der Waals surface area contributed by atoms with Crippen molar-refractivity contribution in [2.24, 2.45) is 0 Å². The summed E-state index contributed by atoms with van der Waals surface area (Å²) in [5, 5.41) is 3.39. The SMILES string of the molecule is CNC(=O)c1ccc(N2CCC(N3CCC(c4cc5c(F)cccc5c(=O)[nH]4)C3)CC2)cn1. The minimum atomic E-state index is -0.347. The van der Waals surface area contributed by atoms with E-state index in [1.807, 2.05) is 12.1 Å². The number of benzene rings is 1. The van der Waals surface area contributed by atoms with Crippen LogP contribution in [0.1, 0.15) is 41.4 Å². The van der Waals surface area contributed by atoms with E-state index in [2.05, 4.69) is 25.1 Å². The highest BCUT2D eigenvalue weighted by atomic mass is 19.1. The summed E-state index contributed by atoms with van der Waals surface area (Å²) in [7, 11) is 1.60. The van der Waals surface area contributed by atoms with Crippen LogP contribution in [0.4, 0.5) is 10.1 Å². The maximum atomic E-state index is 14.3. The second-order valence-corrected chi connectivity index (χ2v) is 8.93. The third-order valence-electron chi connectivity index (χ3n) is 7.07. The minimum Gasteiger partial charge on any atom is -0.370 e. The number of likely N-dealkylation sites (tertiary alicyclic amines) is 1. The smallest absolute Gasteiger partial charge is 0.269 e. The summed E-state index contributed by atoms with van der Waals surface area (Å²) in [6.07, 6.45) is 4.83. The van der Waals surface area contributed by atoms with Crippen molar-refractivity contribution in [3.05, 3.63) is 70.2 Å². The molecule has 2 saturated heterocycles. The predicted octanol–water partition coefficient (Wildman–Crippen LogP) is 2.88. The third kappa shape index (κ3) is 4.23. The molecule has 1 amide bonds. The van der Waals surface area contributed by atoms with Gasteiger partial charge in [-0.3, -0.25) is 14.5 Å². The molecule has 2 aliphatic heterocycles. The van der Waals surface area contributed by atoms with Crippen LogP contribution in [0.15, 0.2) is 47.4 Å². The Morgan fingerprint density at radius 2 is 1.94 bits per heavy atom. The number of halogens is 1. The summed E-state index contributed by atoms with van der Waals surface area (Å²) >= 11 is 0. The third-order valence-corrected chi connectivity index (χ3v) is 7.07. The number of anilines is 1. The van der Waals surface area contributed by atoms with Gasteiger partial charge in [-0.1, -0.05) is 6.07 Å². The van der Waals surface area contributed by atoms with Crippen LogP contribution >= 0.6 is 0 Å². The largest absolute Gasteiger partial charge is 0.370 e. The number of amides is 1. The van der Waals surface area contributed by atoms with Crippen molar-refractivity contribution in [1.29, 1.82) is 0 Å². The van der Waals surface area contributed by atoms with Crippen LogP contribution in [0.3, 0.4) is 0 Å². The fraction of sp³-hybridized carbons (Fsp3) is 0.400. The van der Waals surface area contributed by atoms with Crippen LogP contribution in [0.2, 0.25) is 0 Å². The number of carbonyl (C=O) groups excluding carboxylic acids is 1. The van der Waals surface area contributed by atoms with Crippen molar-refractivity contribution in [3.8, 4) is 0 Å². The molecule has 172 valence electrons. The van der Waals surface area contributed by atoms with Crippen LogP contribution in [-0.4, -0.2) is 60.0 Å². The predicted molar refractivity (Wildman–Crippen MR) is 126 cm³/mol. The molecule has 1 aromatic carbocycles. The number of rotatable bonds is 4. The summed E-state index contributed by atoms with van der Waals surface area (Å²) in [4.78, 5) is 36.3. The highest BCUT2D eigenvalue weighted by molar-refractivity contribution is 5.92. The Morgan fingerprint density at radius 1 is 1.12 bits per heavy atom. The Bertz CT molecular complexity index is 1220. The number of piperidine rings is 1. The zero-order chi connectivity index (χ0) is 22.9. The van der Waals surface area contributed by atoms with Crippen molar-refractivity contribution in [2.75, 3.05) is 38.1 Å². The van der Waals surface area contributed by atoms with Gasteiger partial charge in [0.1, 0.15) is 11.5 Å². The lowest BCUT2D eigenvalue weighted by Crippen LogP contribution is -2.44. The second kappa shape index (κ2) is 8.94. The fourth-order valence-electron chi connectivity index (χ4n) is 5.19. The van der Waals surface area contributed by atoms with Gasteiger partial charge in [0.15, 0.2) is 0 Å². The summed E-state index contributed by atoms with van der Waals surface area (Å²) in [5.41, 5.74) is 2.08. The molecule has 0 bridgehead atoms. The molecule has 5 rings (SSSR count). The maximum Gasteiger partial charge on any atom is 0.269 e. The quantitative estimate of drug-likeness (QED) is 0.640.